The molecule has 1 unspecified atom stereocenters. The Morgan fingerprint density at radius 3 is 2.88 bits per heavy atom. The first-order chi connectivity index (χ1) is 8.08. The van der Waals surface area contributed by atoms with Gasteiger partial charge >= 0.3 is 5.97 Å². The molecule has 5 heteroatoms. The first-order valence-electron chi connectivity index (χ1n) is 5.45. The Hall–Kier alpha value is -1.75. The maximum Gasteiger partial charge on any atom is 0.305 e. The predicted molar refractivity (Wildman–Crippen MR) is 61.4 cm³/mol. The molecule has 0 saturated carbocycles. The maximum atomic E-state index is 10.7. The van der Waals surface area contributed by atoms with Crippen molar-refractivity contribution >= 4 is 5.97 Å². The molecule has 1 aromatic carbocycles. The van der Waals surface area contributed by atoms with Crippen LogP contribution < -0.4 is 15.2 Å². The SMILES string of the molecule is Cc1cc2c(c(C(N)CC(=O)O)c1)OCCO2. The summed E-state index contributed by atoms with van der Waals surface area (Å²) in [5, 5.41) is 8.77. The van der Waals surface area contributed by atoms with E-state index in [0.29, 0.717) is 30.3 Å². The minimum Gasteiger partial charge on any atom is -0.486 e. The Bertz CT molecular complexity index is 444. The fourth-order valence-electron chi connectivity index (χ4n) is 1.90. The quantitative estimate of drug-likeness (QED) is 0.826. The topological polar surface area (TPSA) is 81.8 Å². The summed E-state index contributed by atoms with van der Waals surface area (Å²) in [7, 11) is 0. The largest absolute Gasteiger partial charge is 0.486 e. The van der Waals surface area contributed by atoms with Gasteiger partial charge in [0.05, 0.1) is 6.42 Å². The number of carbonyl (C=O) groups is 1. The normalized spacial score (nSPS) is 15.4. The molecular formula is C12H15NO4. The Morgan fingerprint density at radius 1 is 1.47 bits per heavy atom. The molecule has 0 spiro atoms. The predicted octanol–water partition coefficient (Wildman–Crippen LogP) is 1.24. The molecule has 0 fully saturated rings. The highest BCUT2D eigenvalue weighted by molar-refractivity contribution is 5.68. The van der Waals surface area contributed by atoms with Crippen molar-refractivity contribution in [1.29, 1.82) is 0 Å². The zero-order chi connectivity index (χ0) is 12.4. The molecule has 92 valence electrons. The van der Waals surface area contributed by atoms with Gasteiger partial charge in [-0.25, -0.2) is 0 Å². The van der Waals surface area contributed by atoms with Gasteiger partial charge in [-0.15, -0.1) is 0 Å². The van der Waals surface area contributed by atoms with Gasteiger partial charge in [0, 0.05) is 11.6 Å². The van der Waals surface area contributed by atoms with Crippen molar-refractivity contribution in [2.45, 2.75) is 19.4 Å². The van der Waals surface area contributed by atoms with Crippen molar-refractivity contribution in [1.82, 2.24) is 0 Å². The average molecular weight is 237 g/mol. The van der Waals surface area contributed by atoms with Crippen LogP contribution in [0.25, 0.3) is 0 Å². The highest BCUT2D eigenvalue weighted by atomic mass is 16.6. The van der Waals surface area contributed by atoms with E-state index in [1.807, 2.05) is 19.1 Å². The number of rotatable bonds is 3. The molecule has 3 N–H and O–H groups in total. The third kappa shape index (κ3) is 2.50. The fourth-order valence-corrected chi connectivity index (χ4v) is 1.90. The number of aryl methyl sites for hydroxylation is 1. The van der Waals surface area contributed by atoms with Gasteiger partial charge in [-0.3, -0.25) is 4.79 Å². The van der Waals surface area contributed by atoms with Gasteiger partial charge in [0.25, 0.3) is 0 Å². The number of carboxylic acids is 1. The van der Waals surface area contributed by atoms with E-state index in [1.54, 1.807) is 0 Å². The summed E-state index contributed by atoms with van der Waals surface area (Å²) in [6.07, 6.45) is -0.126. The summed E-state index contributed by atoms with van der Waals surface area (Å²) >= 11 is 0. The Kier molecular flexibility index (Phi) is 3.19. The van der Waals surface area contributed by atoms with E-state index in [1.165, 1.54) is 0 Å². The van der Waals surface area contributed by atoms with E-state index in [2.05, 4.69) is 0 Å². The van der Waals surface area contributed by atoms with Crippen molar-refractivity contribution in [3.05, 3.63) is 23.3 Å². The Labute approximate surface area is 99.1 Å². The lowest BCUT2D eigenvalue weighted by molar-refractivity contribution is -0.137. The highest BCUT2D eigenvalue weighted by Crippen LogP contribution is 2.38. The molecule has 1 heterocycles. The standard InChI is InChI=1S/C12H15NO4/c1-7-4-8(9(13)6-11(14)15)12-10(5-7)16-2-3-17-12/h4-5,9H,2-3,6,13H2,1H3,(H,14,15). The number of hydrogen-bond donors (Lipinski definition) is 2. The summed E-state index contributed by atoms with van der Waals surface area (Å²) in [6, 6.07) is 3.13. The first kappa shape index (κ1) is 11.7. The summed E-state index contributed by atoms with van der Waals surface area (Å²) in [4.78, 5) is 10.7. The van der Waals surface area contributed by atoms with E-state index < -0.39 is 12.0 Å². The van der Waals surface area contributed by atoms with E-state index in [0.717, 1.165) is 5.56 Å². The molecule has 5 nitrogen and oxygen atoms in total. The van der Waals surface area contributed by atoms with Gasteiger partial charge in [0.15, 0.2) is 11.5 Å². The van der Waals surface area contributed by atoms with Gasteiger partial charge in [0.2, 0.25) is 0 Å². The van der Waals surface area contributed by atoms with Crippen molar-refractivity contribution in [2.75, 3.05) is 13.2 Å². The van der Waals surface area contributed by atoms with Crippen LogP contribution in [-0.2, 0) is 4.79 Å². The smallest absolute Gasteiger partial charge is 0.305 e. The van der Waals surface area contributed by atoms with E-state index in [9.17, 15) is 4.79 Å². The monoisotopic (exact) mass is 237 g/mol. The molecule has 0 amide bonds. The molecule has 17 heavy (non-hydrogen) atoms. The average Bonchev–Trinajstić information content (AvgIpc) is 2.26. The lowest BCUT2D eigenvalue weighted by Crippen LogP contribution is -2.21. The van der Waals surface area contributed by atoms with Gasteiger partial charge in [-0.05, 0) is 18.6 Å². The van der Waals surface area contributed by atoms with Crippen LogP contribution in [0.2, 0.25) is 0 Å². The van der Waals surface area contributed by atoms with Crippen LogP contribution in [0, 0.1) is 6.92 Å². The molecule has 1 aliphatic rings. The van der Waals surface area contributed by atoms with Crippen molar-refractivity contribution in [2.24, 2.45) is 5.73 Å². The second-order valence-corrected chi connectivity index (χ2v) is 4.08. The summed E-state index contributed by atoms with van der Waals surface area (Å²) in [6.45, 7) is 2.88. The van der Waals surface area contributed by atoms with Crippen LogP contribution >= 0.6 is 0 Å². The Morgan fingerprint density at radius 2 is 2.18 bits per heavy atom. The van der Waals surface area contributed by atoms with E-state index in [-0.39, 0.29) is 6.42 Å². The highest BCUT2D eigenvalue weighted by Gasteiger charge is 2.22. The molecular weight excluding hydrogens is 222 g/mol. The fraction of sp³-hybridized carbons (Fsp3) is 0.417. The number of nitrogens with two attached hydrogens (primary N) is 1. The third-order valence-electron chi connectivity index (χ3n) is 2.61. The Balaban J connectivity index is 2.38. The van der Waals surface area contributed by atoms with Gasteiger partial charge in [-0.1, -0.05) is 6.07 Å². The summed E-state index contributed by atoms with van der Waals surface area (Å²) in [5.41, 5.74) is 7.55. The molecule has 0 saturated heterocycles. The lowest BCUT2D eigenvalue weighted by atomic mass is 10.0. The minimum atomic E-state index is -0.926. The molecule has 0 bridgehead atoms. The molecule has 1 aliphatic heterocycles. The van der Waals surface area contributed by atoms with Gasteiger partial charge in [-0.2, -0.15) is 0 Å². The third-order valence-corrected chi connectivity index (χ3v) is 2.61. The second kappa shape index (κ2) is 4.63. The van der Waals surface area contributed by atoms with Crippen molar-refractivity contribution in [3.8, 4) is 11.5 Å². The van der Waals surface area contributed by atoms with E-state index in [4.69, 9.17) is 20.3 Å². The van der Waals surface area contributed by atoms with Gasteiger partial charge < -0.3 is 20.3 Å². The molecule has 1 aromatic rings. The molecule has 0 aliphatic carbocycles. The van der Waals surface area contributed by atoms with Crippen LogP contribution in [-0.4, -0.2) is 24.3 Å². The van der Waals surface area contributed by atoms with Crippen molar-refractivity contribution < 1.29 is 19.4 Å². The zero-order valence-corrected chi connectivity index (χ0v) is 9.60. The number of fused-ring (bicyclic) bond motifs is 1. The molecule has 0 radical (unpaired) electrons. The number of hydrogen-bond acceptors (Lipinski definition) is 4. The summed E-state index contributed by atoms with van der Waals surface area (Å²) < 4.78 is 11.0. The molecule has 1 atom stereocenters. The van der Waals surface area contributed by atoms with Crippen LogP contribution in [0.3, 0.4) is 0 Å². The minimum absolute atomic E-state index is 0.126. The number of carboxylic acid groups (broad SMARTS) is 1. The van der Waals surface area contributed by atoms with Crippen LogP contribution in [0.1, 0.15) is 23.6 Å². The molecule has 0 aromatic heterocycles. The lowest BCUT2D eigenvalue weighted by Gasteiger charge is -2.23. The number of ether oxygens (including phenoxy) is 2. The van der Waals surface area contributed by atoms with Gasteiger partial charge in [0.1, 0.15) is 13.2 Å². The van der Waals surface area contributed by atoms with Crippen LogP contribution in [0.5, 0.6) is 11.5 Å². The van der Waals surface area contributed by atoms with Crippen LogP contribution in [0.15, 0.2) is 12.1 Å². The summed E-state index contributed by atoms with van der Waals surface area (Å²) in [5.74, 6) is 0.298. The van der Waals surface area contributed by atoms with Crippen LogP contribution in [0.4, 0.5) is 0 Å². The second-order valence-electron chi connectivity index (χ2n) is 4.08. The number of aliphatic carboxylic acids is 1. The van der Waals surface area contributed by atoms with E-state index >= 15 is 0 Å². The number of benzene rings is 1. The molecule has 2 rings (SSSR count). The zero-order valence-electron chi connectivity index (χ0n) is 9.60. The maximum absolute atomic E-state index is 10.7. The van der Waals surface area contributed by atoms with Crippen molar-refractivity contribution in [3.63, 3.8) is 0 Å². The first-order valence-corrected chi connectivity index (χ1v) is 5.45.